The molecular weight excluding hydrogens is 367 g/mol. The van der Waals surface area contributed by atoms with Crippen molar-refractivity contribution in [3.05, 3.63) is 0 Å². The van der Waals surface area contributed by atoms with Crippen molar-refractivity contribution in [2.24, 2.45) is 5.10 Å². The zero-order valence-corrected chi connectivity index (χ0v) is 11.5. The standard InChI is InChI=1S/C10H9F9N2O3/c1-2-24-5(22)4-3-6(23,21-20-4)7(11,12)8(13,14)9(15,16)10(17,18)19/h21,23H,2-3H2,1H3. The summed E-state index contributed by atoms with van der Waals surface area (Å²) in [5.41, 5.74) is -4.56. The summed E-state index contributed by atoms with van der Waals surface area (Å²) in [6, 6.07) is 0. The summed E-state index contributed by atoms with van der Waals surface area (Å²) in [6.07, 6.45) is -8.82. The van der Waals surface area contributed by atoms with E-state index in [4.69, 9.17) is 0 Å². The minimum absolute atomic E-state index is 0.311. The lowest BCUT2D eigenvalue weighted by Crippen LogP contribution is -2.71. The molecule has 0 fully saturated rings. The number of rotatable bonds is 5. The Bertz CT molecular complexity index is 546. The highest BCUT2D eigenvalue weighted by Crippen LogP contribution is 2.56. The highest BCUT2D eigenvalue weighted by Gasteiger charge is 2.86. The van der Waals surface area contributed by atoms with Crippen LogP contribution in [0.5, 0.6) is 0 Å². The molecule has 0 bridgehead atoms. The van der Waals surface area contributed by atoms with Crippen molar-refractivity contribution in [1.29, 1.82) is 0 Å². The first-order valence-electron chi connectivity index (χ1n) is 5.98. The number of carbonyl (C=O) groups is 1. The third kappa shape index (κ3) is 2.75. The Kier molecular flexibility index (Phi) is 4.80. The minimum Gasteiger partial charge on any atom is -0.461 e. The lowest BCUT2D eigenvalue weighted by atomic mass is 9.91. The second kappa shape index (κ2) is 5.67. The number of esters is 1. The van der Waals surface area contributed by atoms with Crippen LogP contribution in [-0.4, -0.2) is 53.1 Å². The van der Waals surface area contributed by atoms with Crippen LogP contribution in [0.2, 0.25) is 0 Å². The third-order valence-corrected chi connectivity index (χ3v) is 2.97. The first-order valence-corrected chi connectivity index (χ1v) is 5.98. The predicted octanol–water partition coefficient (Wildman–Crippen LogP) is 2.06. The van der Waals surface area contributed by atoms with Gasteiger partial charge in [-0.15, -0.1) is 0 Å². The van der Waals surface area contributed by atoms with Gasteiger partial charge in [0.25, 0.3) is 0 Å². The first kappa shape index (κ1) is 20.3. The Balaban J connectivity index is 3.19. The molecule has 0 saturated carbocycles. The predicted molar refractivity (Wildman–Crippen MR) is 57.7 cm³/mol. The molecule has 0 radical (unpaired) electrons. The van der Waals surface area contributed by atoms with E-state index in [1.54, 1.807) is 0 Å². The van der Waals surface area contributed by atoms with Crippen LogP contribution in [0.3, 0.4) is 0 Å². The average molecular weight is 376 g/mol. The first-order chi connectivity index (χ1) is 10.5. The van der Waals surface area contributed by atoms with Crippen LogP contribution in [0.15, 0.2) is 5.10 Å². The maximum atomic E-state index is 13.7. The number of alkyl halides is 9. The maximum Gasteiger partial charge on any atom is 0.460 e. The molecule has 0 spiro atoms. The molecule has 0 amide bonds. The summed E-state index contributed by atoms with van der Waals surface area (Å²) in [6.45, 7) is 0.953. The summed E-state index contributed by atoms with van der Waals surface area (Å²) in [5.74, 6) is -22.0. The lowest BCUT2D eigenvalue weighted by Gasteiger charge is -2.40. The van der Waals surface area contributed by atoms with Gasteiger partial charge in [-0.05, 0) is 6.92 Å². The van der Waals surface area contributed by atoms with Crippen molar-refractivity contribution in [1.82, 2.24) is 5.43 Å². The van der Waals surface area contributed by atoms with Gasteiger partial charge in [-0.1, -0.05) is 0 Å². The van der Waals surface area contributed by atoms with Crippen molar-refractivity contribution >= 4 is 11.7 Å². The lowest BCUT2D eigenvalue weighted by molar-refractivity contribution is -0.418. The number of hydrogen-bond donors (Lipinski definition) is 2. The van der Waals surface area contributed by atoms with E-state index in [9.17, 15) is 49.4 Å². The molecule has 0 saturated heterocycles. The van der Waals surface area contributed by atoms with Gasteiger partial charge in [0, 0.05) is 0 Å². The summed E-state index contributed by atoms with van der Waals surface area (Å²) < 4.78 is 120. The monoisotopic (exact) mass is 376 g/mol. The van der Waals surface area contributed by atoms with Crippen LogP contribution in [0, 0.1) is 0 Å². The van der Waals surface area contributed by atoms with Crippen molar-refractivity contribution in [3.63, 3.8) is 0 Å². The molecule has 1 aliphatic heterocycles. The SMILES string of the molecule is CCOC(=O)C1=NNC(O)(C(F)(F)C(F)(F)C(F)(F)C(F)(F)F)C1. The summed E-state index contributed by atoms with van der Waals surface area (Å²) in [4.78, 5) is 11.2. The minimum atomic E-state index is -7.17. The molecule has 1 unspecified atom stereocenters. The van der Waals surface area contributed by atoms with Crippen molar-refractivity contribution in [3.8, 4) is 0 Å². The zero-order valence-electron chi connectivity index (χ0n) is 11.5. The summed E-state index contributed by atoms with van der Waals surface area (Å²) in [7, 11) is 0. The van der Waals surface area contributed by atoms with E-state index in [1.165, 1.54) is 6.92 Å². The molecule has 0 aromatic rings. The summed E-state index contributed by atoms with van der Waals surface area (Å²) >= 11 is 0. The van der Waals surface area contributed by atoms with Gasteiger partial charge in [0.15, 0.2) is 5.71 Å². The molecule has 1 aliphatic rings. The molecule has 24 heavy (non-hydrogen) atoms. The fraction of sp³-hybridized carbons (Fsp3) is 0.800. The highest BCUT2D eigenvalue weighted by atomic mass is 19.4. The molecule has 1 rings (SSSR count). The Labute approximate surface area is 127 Å². The van der Waals surface area contributed by atoms with E-state index >= 15 is 0 Å². The van der Waals surface area contributed by atoms with E-state index < -0.39 is 47.8 Å². The van der Waals surface area contributed by atoms with E-state index in [0.717, 1.165) is 5.43 Å². The molecule has 140 valence electrons. The molecule has 5 nitrogen and oxygen atoms in total. The fourth-order valence-corrected chi connectivity index (χ4v) is 1.63. The number of hydrazone groups is 1. The third-order valence-electron chi connectivity index (χ3n) is 2.97. The van der Waals surface area contributed by atoms with Crippen molar-refractivity contribution in [2.45, 2.75) is 43.0 Å². The van der Waals surface area contributed by atoms with Gasteiger partial charge in [0.2, 0.25) is 5.72 Å². The number of nitrogens with one attached hydrogen (secondary N) is 1. The second-order valence-corrected chi connectivity index (χ2v) is 4.65. The van der Waals surface area contributed by atoms with E-state index in [-0.39, 0.29) is 6.61 Å². The van der Waals surface area contributed by atoms with Gasteiger partial charge in [0.05, 0.1) is 13.0 Å². The molecule has 14 heteroatoms. The van der Waals surface area contributed by atoms with Gasteiger partial charge in [-0.3, -0.25) is 5.43 Å². The largest absolute Gasteiger partial charge is 0.461 e. The molecule has 1 heterocycles. The smallest absolute Gasteiger partial charge is 0.460 e. The van der Waals surface area contributed by atoms with E-state index in [1.807, 2.05) is 0 Å². The maximum absolute atomic E-state index is 13.7. The van der Waals surface area contributed by atoms with Crippen LogP contribution in [0.25, 0.3) is 0 Å². The highest BCUT2D eigenvalue weighted by molar-refractivity contribution is 6.37. The van der Waals surface area contributed by atoms with Crippen LogP contribution >= 0.6 is 0 Å². The van der Waals surface area contributed by atoms with Crippen LogP contribution in [-0.2, 0) is 9.53 Å². The van der Waals surface area contributed by atoms with Gasteiger partial charge >= 0.3 is 29.9 Å². The Hall–Kier alpha value is -1.73. The number of halogens is 9. The number of hydrogen-bond acceptors (Lipinski definition) is 5. The number of aliphatic hydroxyl groups is 1. The normalized spacial score (nSPS) is 22.9. The van der Waals surface area contributed by atoms with Gasteiger partial charge in [-0.25, -0.2) is 4.79 Å². The molecule has 1 atom stereocenters. The average Bonchev–Trinajstić information content (AvgIpc) is 2.81. The van der Waals surface area contributed by atoms with E-state index in [0.29, 0.717) is 0 Å². The molecule has 0 aliphatic carbocycles. The number of ether oxygens (including phenoxy) is 1. The molecular formula is C10H9F9N2O3. The Morgan fingerprint density at radius 3 is 2.08 bits per heavy atom. The number of nitrogens with zero attached hydrogens (tertiary/aromatic N) is 1. The van der Waals surface area contributed by atoms with Crippen LogP contribution in [0.4, 0.5) is 39.5 Å². The van der Waals surface area contributed by atoms with Gasteiger partial charge in [-0.2, -0.15) is 44.6 Å². The van der Waals surface area contributed by atoms with Crippen molar-refractivity contribution < 1.29 is 54.2 Å². The second-order valence-electron chi connectivity index (χ2n) is 4.65. The molecule has 0 aromatic carbocycles. The zero-order chi connectivity index (χ0) is 19.2. The van der Waals surface area contributed by atoms with Crippen LogP contribution < -0.4 is 5.43 Å². The van der Waals surface area contributed by atoms with Crippen molar-refractivity contribution in [2.75, 3.05) is 6.61 Å². The van der Waals surface area contributed by atoms with Gasteiger partial charge < -0.3 is 9.84 Å². The quantitative estimate of drug-likeness (QED) is 0.569. The molecule has 0 aromatic heterocycles. The Morgan fingerprint density at radius 2 is 1.67 bits per heavy atom. The van der Waals surface area contributed by atoms with Gasteiger partial charge in [0.1, 0.15) is 0 Å². The Morgan fingerprint density at radius 1 is 1.17 bits per heavy atom. The molecule has 2 N–H and O–H groups in total. The van der Waals surface area contributed by atoms with Crippen LogP contribution in [0.1, 0.15) is 13.3 Å². The number of carbonyl (C=O) groups excluding carboxylic acids is 1. The summed E-state index contributed by atoms with van der Waals surface area (Å²) in [5, 5.41) is 12.1. The topological polar surface area (TPSA) is 70.9 Å². The van der Waals surface area contributed by atoms with E-state index in [2.05, 4.69) is 9.84 Å². The fourth-order valence-electron chi connectivity index (χ4n) is 1.63.